The summed E-state index contributed by atoms with van der Waals surface area (Å²) in [7, 11) is 0. The van der Waals surface area contributed by atoms with Gasteiger partial charge in [0.15, 0.2) is 0 Å². The molecule has 2 unspecified atom stereocenters. The summed E-state index contributed by atoms with van der Waals surface area (Å²) >= 11 is 5.99. The summed E-state index contributed by atoms with van der Waals surface area (Å²) in [6, 6.07) is 7.86. The van der Waals surface area contributed by atoms with Crippen molar-refractivity contribution in [2.24, 2.45) is 17.3 Å². The fraction of sp³-hybridized carbons (Fsp3) is 0.667. The number of carbonyl (C=O) groups is 1. The summed E-state index contributed by atoms with van der Waals surface area (Å²) in [4.78, 5) is 12.9. The first kappa shape index (κ1) is 16.1. The monoisotopic (exact) mass is 359 g/mol. The van der Waals surface area contributed by atoms with Crippen LogP contribution in [-0.4, -0.2) is 16.6 Å². The van der Waals surface area contributed by atoms with Gasteiger partial charge in [0, 0.05) is 11.4 Å². The summed E-state index contributed by atoms with van der Waals surface area (Å²) in [5.74, 6) is 1.42. The van der Waals surface area contributed by atoms with Crippen LogP contribution in [-0.2, 0) is 10.3 Å². The van der Waals surface area contributed by atoms with Gasteiger partial charge >= 0.3 is 0 Å². The van der Waals surface area contributed by atoms with Gasteiger partial charge in [0.1, 0.15) is 0 Å². The highest BCUT2D eigenvalue weighted by molar-refractivity contribution is 6.30. The van der Waals surface area contributed by atoms with Crippen molar-refractivity contribution in [2.75, 3.05) is 0 Å². The van der Waals surface area contributed by atoms with Crippen LogP contribution in [0, 0.1) is 17.3 Å². The normalized spacial score (nSPS) is 40.1. The lowest BCUT2D eigenvalue weighted by Crippen LogP contribution is -2.56. The molecule has 5 aliphatic carbocycles. The number of rotatable bonds is 4. The van der Waals surface area contributed by atoms with Crippen LogP contribution in [0.4, 0.5) is 0 Å². The zero-order valence-electron chi connectivity index (χ0n) is 14.6. The Balaban J connectivity index is 1.30. The van der Waals surface area contributed by atoms with Crippen LogP contribution in [0.5, 0.6) is 0 Å². The maximum absolute atomic E-state index is 12.9. The SMILES string of the molecule is O=C(CC12CC3CC(CC(O)(C3)C1)C2)NC1(c2ccc(Cl)cc2)CC1. The molecule has 1 amide bonds. The van der Waals surface area contributed by atoms with Crippen LogP contribution in [0.25, 0.3) is 0 Å². The summed E-state index contributed by atoms with van der Waals surface area (Å²) in [5.41, 5.74) is 0.534. The van der Waals surface area contributed by atoms with Crippen molar-refractivity contribution in [1.29, 1.82) is 0 Å². The van der Waals surface area contributed by atoms with Crippen molar-refractivity contribution in [3.05, 3.63) is 34.9 Å². The number of nitrogens with one attached hydrogen (secondary N) is 1. The molecule has 134 valence electrons. The minimum Gasteiger partial charge on any atom is -0.390 e. The Bertz CT molecular complexity index is 695. The maximum atomic E-state index is 12.9. The Kier molecular flexibility index (Phi) is 3.38. The molecule has 1 aromatic carbocycles. The topological polar surface area (TPSA) is 49.3 Å². The standard InChI is InChI=1S/C21H26ClNO2/c22-17-3-1-16(2-4-17)21(5-6-21)23-18(24)12-19-8-14-7-15(9-19)11-20(25,10-14)13-19/h1-4,14-15,25H,5-13H2,(H,23,24). The van der Waals surface area contributed by atoms with Crippen molar-refractivity contribution in [2.45, 2.75) is 68.9 Å². The van der Waals surface area contributed by atoms with Crippen LogP contribution in [0.1, 0.15) is 63.4 Å². The molecule has 5 aliphatic rings. The average Bonchev–Trinajstić information content (AvgIpc) is 3.25. The quantitative estimate of drug-likeness (QED) is 0.847. The van der Waals surface area contributed by atoms with E-state index >= 15 is 0 Å². The van der Waals surface area contributed by atoms with E-state index in [1.165, 1.54) is 6.42 Å². The molecule has 5 saturated carbocycles. The van der Waals surface area contributed by atoms with Crippen LogP contribution in [0.2, 0.25) is 5.02 Å². The molecule has 4 bridgehead atoms. The Morgan fingerprint density at radius 3 is 2.32 bits per heavy atom. The molecule has 0 aliphatic heterocycles. The lowest BCUT2D eigenvalue weighted by atomic mass is 9.47. The molecule has 0 aromatic heterocycles. The van der Waals surface area contributed by atoms with E-state index in [0.717, 1.165) is 55.5 Å². The molecule has 25 heavy (non-hydrogen) atoms. The predicted octanol–water partition coefficient (Wildman–Crippen LogP) is 4.17. The molecule has 5 fully saturated rings. The summed E-state index contributed by atoms with van der Waals surface area (Å²) in [6.07, 6.45) is 8.86. The average molecular weight is 360 g/mol. The van der Waals surface area contributed by atoms with Gasteiger partial charge < -0.3 is 10.4 Å². The van der Waals surface area contributed by atoms with Gasteiger partial charge in [-0.1, -0.05) is 23.7 Å². The van der Waals surface area contributed by atoms with Crippen molar-refractivity contribution in [3.8, 4) is 0 Å². The first-order valence-corrected chi connectivity index (χ1v) is 10.1. The van der Waals surface area contributed by atoms with Gasteiger partial charge in [0.25, 0.3) is 0 Å². The van der Waals surface area contributed by atoms with Gasteiger partial charge in [-0.25, -0.2) is 0 Å². The lowest BCUT2D eigenvalue weighted by Gasteiger charge is -2.60. The molecule has 1 aromatic rings. The van der Waals surface area contributed by atoms with E-state index in [4.69, 9.17) is 11.6 Å². The fourth-order valence-electron chi connectivity index (χ4n) is 6.64. The number of hydrogen-bond donors (Lipinski definition) is 2. The van der Waals surface area contributed by atoms with Crippen molar-refractivity contribution < 1.29 is 9.90 Å². The minimum atomic E-state index is -0.488. The second-order valence-corrected chi connectivity index (χ2v) is 9.94. The third-order valence-corrected chi connectivity index (χ3v) is 7.46. The molecule has 3 nitrogen and oxygen atoms in total. The molecule has 4 heteroatoms. The Morgan fingerprint density at radius 2 is 1.76 bits per heavy atom. The number of amides is 1. The van der Waals surface area contributed by atoms with Crippen LogP contribution in [0.15, 0.2) is 24.3 Å². The molecule has 0 radical (unpaired) electrons. The van der Waals surface area contributed by atoms with Crippen molar-refractivity contribution in [1.82, 2.24) is 5.32 Å². The molecule has 2 N–H and O–H groups in total. The summed E-state index contributed by atoms with van der Waals surface area (Å²) < 4.78 is 0. The Morgan fingerprint density at radius 1 is 1.12 bits per heavy atom. The minimum absolute atomic E-state index is 0.0407. The number of aliphatic hydroxyl groups is 1. The number of carbonyl (C=O) groups excluding carboxylic acids is 1. The van der Waals surface area contributed by atoms with E-state index < -0.39 is 5.60 Å². The van der Waals surface area contributed by atoms with E-state index in [9.17, 15) is 9.90 Å². The van der Waals surface area contributed by atoms with E-state index in [1.807, 2.05) is 24.3 Å². The Labute approximate surface area is 154 Å². The predicted molar refractivity (Wildman–Crippen MR) is 97.2 cm³/mol. The highest BCUT2D eigenvalue weighted by Crippen LogP contribution is 2.63. The van der Waals surface area contributed by atoms with E-state index in [-0.39, 0.29) is 16.9 Å². The molecule has 0 spiro atoms. The number of halogens is 1. The van der Waals surface area contributed by atoms with Crippen molar-refractivity contribution >= 4 is 17.5 Å². The van der Waals surface area contributed by atoms with Crippen LogP contribution in [0.3, 0.4) is 0 Å². The van der Waals surface area contributed by atoms with E-state index in [0.29, 0.717) is 18.3 Å². The molecule has 0 saturated heterocycles. The molecular formula is C21H26ClNO2. The van der Waals surface area contributed by atoms with Crippen LogP contribution >= 0.6 is 11.6 Å². The molecular weight excluding hydrogens is 334 g/mol. The van der Waals surface area contributed by atoms with E-state index in [1.54, 1.807) is 0 Å². The zero-order chi connectivity index (χ0) is 17.3. The van der Waals surface area contributed by atoms with Crippen LogP contribution < -0.4 is 5.32 Å². The molecule has 0 heterocycles. The van der Waals surface area contributed by atoms with Gasteiger partial charge in [0.05, 0.1) is 11.1 Å². The third kappa shape index (κ3) is 2.80. The lowest BCUT2D eigenvalue weighted by molar-refractivity contribution is -0.169. The number of benzene rings is 1. The van der Waals surface area contributed by atoms with Crippen molar-refractivity contribution in [3.63, 3.8) is 0 Å². The first-order chi connectivity index (χ1) is 11.9. The second-order valence-electron chi connectivity index (χ2n) is 9.50. The highest BCUT2D eigenvalue weighted by Gasteiger charge is 2.58. The largest absolute Gasteiger partial charge is 0.390 e. The van der Waals surface area contributed by atoms with Gasteiger partial charge in [0.2, 0.25) is 5.91 Å². The van der Waals surface area contributed by atoms with Gasteiger partial charge in [-0.05, 0) is 86.3 Å². The summed E-state index contributed by atoms with van der Waals surface area (Å²) in [6.45, 7) is 0. The number of hydrogen-bond acceptors (Lipinski definition) is 2. The zero-order valence-corrected chi connectivity index (χ0v) is 15.3. The summed E-state index contributed by atoms with van der Waals surface area (Å²) in [5, 5.41) is 14.9. The maximum Gasteiger partial charge on any atom is 0.221 e. The molecule has 2 atom stereocenters. The fourth-order valence-corrected chi connectivity index (χ4v) is 6.77. The highest BCUT2D eigenvalue weighted by atomic mass is 35.5. The van der Waals surface area contributed by atoms with Gasteiger partial charge in [-0.3, -0.25) is 4.79 Å². The Hall–Kier alpha value is -1.06. The van der Waals surface area contributed by atoms with E-state index in [2.05, 4.69) is 5.32 Å². The second kappa shape index (κ2) is 5.23. The first-order valence-electron chi connectivity index (χ1n) is 9.67. The van der Waals surface area contributed by atoms with Gasteiger partial charge in [-0.15, -0.1) is 0 Å². The smallest absolute Gasteiger partial charge is 0.221 e. The molecule has 6 rings (SSSR count). The van der Waals surface area contributed by atoms with Gasteiger partial charge in [-0.2, -0.15) is 0 Å². The third-order valence-electron chi connectivity index (χ3n) is 7.21.